The van der Waals surface area contributed by atoms with E-state index in [-0.39, 0.29) is 12.5 Å². The van der Waals surface area contributed by atoms with E-state index in [1.807, 2.05) is 51.1 Å². The molecule has 2 aromatic carbocycles. The number of carbonyl (C=O) groups excluding carboxylic acids is 3. The molecule has 0 radical (unpaired) electrons. The monoisotopic (exact) mass is 410 g/mol. The molecule has 0 saturated carbocycles. The maximum atomic E-state index is 12.8. The van der Waals surface area contributed by atoms with Gasteiger partial charge in [0.25, 0.3) is 0 Å². The summed E-state index contributed by atoms with van der Waals surface area (Å²) in [4.78, 5) is 39.0. The van der Waals surface area contributed by atoms with E-state index in [9.17, 15) is 14.4 Å². The van der Waals surface area contributed by atoms with Crippen molar-refractivity contribution >= 4 is 23.5 Å². The second-order valence-corrected chi connectivity index (χ2v) is 7.40. The number of anilines is 1. The molecule has 0 aliphatic heterocycles. The first-order valence-corrected chi connectivity index (χ1v) is 9.94. The predicted octanol–water partition coefficient (Wildman–Crippen LogP) is 3.07. The minimum absolute atomic E-state index is 0.0187. The highest BCUT2D eigenvalue weighted by molar-refractivity contribution is 5.98. The molecule has 0 spiro atoms. The number of nitrogens with one attached hydrogen (secondary N) is 3. The highest BCUT2D eigenvalue weighted by Gasteiger charge is 2.28. The molecular formula is C23H30N4O3. The molecule has 160 valence electrons. The van der Waals surface area contributed by atoms with Crippen LogP contribution in [0.25, 0.3) is 0 Å². The molecule has 0 aliphatic carbocycles. The van der Waals surface area contributed by atoms with E-state index in [2.05, 4.69) is 16.0 Å². The third-order valence-corrected chi connectivity index (χ3v) is 4.71. The average Bonchev–Trinajstić information content (AvgIpc) is 2.65. The van der Waals surface area contributed by atoms with Crippen molar-refractivity contribution in [3.63, 3.8) is 0 Å². The SMILES string of the molecule is CCNC(=O)NC(=O)[C@@H](c1ccccc1)N(C)CC(=O)Nc1c(C)cc(C)cc1C. The van der Waals surface area contributed by atoms with Crippen molar-refractivity contribution in [2.24, 2.45) is 0 Å². The van der Waals surface area contributed by atoms with E-state index in [0.717, 1.165) is 22.4 Å². The lowest BCUT2D eigenvalue weighted by Crippen LogP contribution is -2.46. The Kier molecular flexibility index (Phi) is 8.12. The summed E-state index contributed by atoms with van der Waals surface area (Å²) in [5, 5.41) is 7.84. The lowest BCUT2D eigenvalue weighted by atomic mass is 10.0. The van der Waals surface area contributed by atoms with Gasteiger partial charge in [-0.2, -0.15) is 0 Å². The largest absolute Gasteiger partial charge is 0.338 e. The van der Waals surface area contributed by atoms with Crippen LogP contribution in [-0.2, 0) is 9.59 Å². The van der Waals surface area contributed by atoms with Crippen LogP contribution >= 0.6 is 0 Å². The number of hydrogen-bond donors (Lipinski definition) is 3. The summed E-state index contributed by atoms with van der Waals surface area (Å²) in [5.41, 5.74) is 4.57. The molecule has 0 heterocycles. The quantitative estimate of drug-likeness (QED) is 0.654. The fourth-order valence-electron chi connectivity index (χ4n) is 3.50. The Morgan fingerprint density at radius 1 is 1.00 bits per heavy atom. The minimum atomic E-state index is -0.792. The number of hydrogen-bond acceptors (Lipinski definition) is 4. The summed E-state index contributed by atoms with van der Waals surface area (Å²) in [6.07, 6.45) is 0. The van der Waals surface area contributed by atoms with Crippen LogP contribution in [0, 0.1) is 20.8 Å². The number of carbonyl (C=O) groups is 3. The Balaban J connectivity index is 2.17. The van der Waals surface area contributed by atoms with Gasteiger partial charge in [0, 0.05) is 12.2 Å². The van der Waals surface area contributed by atoms with Gasteiger partial charge in [0.05, 0.1) is 6.54 Å². The zero-order chi connectivity index (χ0) is 22.3. The van der Waals surface area contributed by atoms with Crippen LogP contribution in [0.1, 0.15) is 35.2 Å². The summed E-state index contributed by atoms with van der Waals surface area (Å²) in [7, 11) is 1.68. The zero-order valence-corrected chi connectivity index (χ0v) is 18.2. The normalized spacial score (nSPS) is 11.7. The summed E-state index contributed by atoms with van der Waals surface area (Å²) in [6, 6.07) is 11.7. The Hall–Kier alpha value is -3.19. The molecule has 2 aromatic rings. The van der Waals surface area contributed by atoms with E-state index in [0.29, 0.717) is 12.1 Å². The Labute approximate surface area is 177 Å². The lowest BCUT2D eigenvalue weighted by Gasteiger charge is -2.27. The van der Waals surface area contributed by atoms with E-state index in [1.54, 1.807) is 31.0 Å². The highest BCUT2D eigenvalue weighted by Crippen LogP contribution is 2.23. The maximum absolute atomic E-state index is 12.8. The summed E-state index contributed by atoms with van der Waals surface area (Å²) >= 11 is 0. The van der Waals surface area contributed by atoms with E-state index in [1.165, 1.54) is 0 Å². The molecule has 0 aromatic heterocycles. The number of amides is 4. The number of imide groups is 1. The van der Waals surface area contributed by atoms with Crippen LogP contribution in [0.5, 0.6) is 0 Å². The van der Waals surface area contributed by atoms with Gasteiger partial charge >= 0.3 is 6.03 Å². The van der Waals surface area contributed by atoms with Crippen LogP contribution in [-0.4, -0.2) is 42.9 Å². The molecule has 2 rings (SSSR count). The zero-order valence-electron chi connectivity index (χ0n) is 18.2. The molecule has 4 amide bonds. The predicted molar refractivity (Wildman–Crippen MR) is 118 cm³/mol. The molecule has 0 unspecified atom stereocenters. The smallest absolute Gasteiger partial charge is 0.321 e. The van der Waals surface area contributed by atoms with Gasteiger partial charge < -0.3 is 10.6 Å². The molecule has 3 N–H and O–H groups in total. The van der Waals surface area contributed by atoms with Crippen molar-refractivity contribution in [1.29, 1.82) is 0 Å². The molecule has 0 saturated heterocycles. The van der Waals surface area contributed by atoms with E-state index in [4.69, 9.17) is 0 Å². The van der Waals surface area contributed by atoms with Gasteiger partial charge in [0.2, 0.25) is 11.8 Å². The molecule has 7 nitrogen and oxygen atoms in total. The van der Waals surface area contributed by atoms with Crippen molar-refractivity contribution in [2.45, 2.75) is 33.7 Å². The van der Waals surface area contributed by atoms with Crippen LogP contribution in [0.15, 0.2) is 42.5 Å². The molecule has 30 heavy (non-hydrogen) atoms. The Bertz CT molecular complexity index is 889. The van der Waals surface area contributed by atoms with Crippen LogP contribution in [0.4, 0.5) is 10.5 Å². The fourth-order valence-corrected chi connectivity index (χ4v) is 3.50. The van der Waals surface area contributed by atoms with Crippen molar-refractivity contribution in [2.75, 3.05) is 25.5 Å². The van der Waals surface area contributed by atoms with Crippen LogP contribution in [0.3, 0.4) is 0 Å². The molecule has 0 aliphatic rings. The van der Waals surface area contributed by atoms with Gasteiger partial charge in [-0.05, 0) is 51.4 Å². The minimum Gasteiger partial charge on any atom is -0.338 e. The van der Waals surface area contributed by atoms with Crippen molar-refractivity contribution in [1.82, 2.24) is 15.5 Å². The van der Waals surface area contributed by atoms with Gasteiger partial charge in [-0.25, -0.2) is 4.79 Å². The van der Waals surface area contributed by atoms with Gasteiger partial charge in [0.1, 0.15) is 6.04 Å². The molecular weight excluding hydrogens is 380 g/mol. The summed E-state index contributed by atoms with van der Waals surface area (Å²) in [6.45, 7) is 8.07. The van der Waals surface area contributed by atoms with Crippen molar-refractivity contribution < 1.29 is 14.4 Å². The Morgan fingerprint density at radius 2 is 1.60 bits per heavy atom. The van der Waals surface area contributed by atoms with Gasteiger partial charge in [-0.3, -0.25) is 19.8 Å². The number of benzene rings is 2. The second-order valence-electron chi connectivity index (χ2n) is 7.40. The van der Waals surface area contributed by atoms with E-state index >= 15 is 0 Å². The Morgan fingerprint density at radius 3 is 2.17 bits per heavy atom. The van der Waals surface area contributed by atoms with Crippen molar-refractivity contribution in [3.05, 3.63) is 64.7 Å². The second kappa shape index (κ2) is 10.5. The van der Waals surface area contributed by atoms with Crippen molar-refractivity contribution in [3.8, 4) is 0 Å². The number of likely N-dealkylation sites (N-methyl/N-ethyl adjacent to an activating group) is 1. The third-order valence-electron chi connectivity index (χ3n) is 4.71. The highest BCUT2D eigenvalue weighted by atomic mass is 16.2. The van der Waals surface area contributed by atoms with Gasteiger partial charge in [0.15, 0.2) is 0 Å². The molecule has 7 heteroatoms. The lowest BCUT2D eigenvalue weighted by molar-refractivity contribution is -0.126. The summed E-state index contributed by atoms with van der Waals surface area (Å²) in [5.74, 6) is -0.732. The third kappa shape index (κ3) is 6.15. The number of nitrogens with zero attached hydrogens (tertiary/aromatic N) is 1. The number of aryl methyl sites for hydroxylation is 3. The average molecular weight is 411 g/mol. The number of urea groups is 1. The number of rotatable bonds is 7. The first kappa shape index (κ1) is 23.1. The topological polar surface area (TPSA) is 90.5 Å². The first-order valence-electron chi connectivity index (χ1n) is 9.94. The van der Waals surface area contributed by atoms with Crippen LogP contribution < -0.4 is 16.0 Å². The van der Waals surface area contributed by atoms with E-state index < -0.39 is 18.0 Å². The standard InChI is InChI=1S/C23H30N4O3/c1-6-24-23(30)26-22(29)21(18-10-8-7-9-11-18)27(5)14-19(28)25-20-16(3)12-15(2)13-17(20)4/h7-13,21H,6,14H2,1-5H3,(H,25,28)(H2,24,26,29,30)/t21-/m1/s1. The summed E-state index contributed by atoms with van der Waals surface area (Å²) < 4.78 is 0. The van der Waals surface area contributed by atoms with Gasteiger partial charge in [-0.1, -0.05) is 48.0 Å². The first-order chi connectivity index (χ1) is 14.2. The van der Waals surface area contributed by atoms with Crippen LogP contribution in [0.2, 0.25) is 0 Å². The molecule has 0 bridgehead atoms. The fraction of sp³-hybridized carbons (Fsp3) is 0.348. The molecule has 1 atom stereocenters. The van der Waals surface area contributed by atoms with Gasteiger partial charge in [-0.15, -0.1) is 0 Å². The maximum Gasteiger partial charge on any atom is 0.321 e. The molecule has 0 fully saturated rings.